The highest BCUT2D eigenvalue weighted by Gasteiger charge is 2.33. The van der Waals surface area contributed by atoms with Crippen molar-refractivity contribution < 1.29 is 22.7 Å². The fourth-order valence-corrected chi connectivity index (χ4v) is 3.65. The zero-order valence-corrected chi connectivity index (χ0v) is 15.6. The summed E-state index contributed by atoms with van der Waals surface area (Å²) in [6.07, 6.45) is -1.56. The average Bonchev–Trinajstić information content (AvgIpc) is 3.13. The molecule has 0 unspecified atom stereocenters. The zero-order chi connectivity index (χ0) is 20.6. The molecule has 1 saturated heterocycles. The number of amides is 1. The van der Waals surface area contributed by atoms with E-state index in [1.807, 2.05) is 0 Å². The number of ether oxygens (including phenoxy) is 1. The SMILES string of the molecule is O=C(c1cc2n(n1)CCCO2)N1CCC(Cn2cnc(C(F)(F)F)cc2=O)CC1. The Labute approximate surface area is 163 Å². The number of nitrogens with zero attached hydrogens (tertiary/aromatic N) is 5. The van der Waals surface area contributed by atoms with Crippen LogP contribution in [0.15, 0.2) is 23.3 Å². The Hall–Kier alpha value is -2.85. The molecule has 8 nitrogen and oxygen atoms in total. The molecule has 1 fully saturated rings. The molecule has 4 heterocycles. The highest BCUT2D eigenvalue weighted by Crippen LogP contribution is 2.26. The number of aromatic nitrogens is 4. The van der Waals surface area contributed by atoms with Crippen molar-refractivity contribution in [2.75, 3.05) is 19.7 Å². The van der Waals surface area contributed by atoms with Crippen molar-refractivity contribution in [1.29, 1.82) is 0 Å². The fourth-order valence-electron chi connectivity index (χ4n) is 3.65. The minimum absolute atomic E-state index is 0.0776. The molecule has 0 saturated carbocycles. The molecular formula is C18H20F3N5O3. The molecule has 2 aromatic heterocycles. The van der Waals surface area contributed by atoms with Gasteiger partial charge in [-0.1, -0.05) is 0 Å². The van der Waals surface area contributed by atoms with Gasteiger partial charge in [-0.3, -0.25) is 14.2 Å². The Morgan fingerprint density at radius 1 is 1.21 bits per heavy atom. The van der Waals surface area contributed by atoms with Crippen molar-refractivity contribution in [2.24, 2.45) is 5.92 Å². The molecule has 0 aromatic carbocycles. The summed E-state index contributed by atoms with van der Waals surface area (Å²) in [6.45, 7) is 2.60. The van der Waals surface area contributed by atoms with E-state index in [0.29, 0.717) is 50.2 Å². The lowest BCUT2D eigenvalue weighted by Crippen LogP contribution is -2.40. The Kier molecular flexibility index (Phi) is 5.05. The van der Waals surface area contributed by atoms with Crippen LogP contribution in [-0.4, -0.2) is 49.8 Å². The maximum atomic E-state index is 12.7. The lowest BCUT2D eigenvalue weighted by molar-refractivity contribution is -0.141. The van der Waals surface area contributed by atoms with Crippen molar-refractivity contribution in [3.63, 3.8) is 0 Å². The van der Waals surface area contributed by atoms with Crippen LogP contribution in [0.4, 0.5) is 13.2 Å². The molecule has 11 heteroatoms. The minimum atomic E-state index is -4.64. The number of fused-ring (bicyclic) bond motifs is 1. The summed E-state index contributed by atoms with van der Waals surface area (Å²) in [7, 11) is 0. The van der Waals surface area contributed by atoms with Gasteiger partial charge in [-0.15, -0.1) is 0 Å². The molecule has 0 atom stereocenters. The summed E-state index contributed by atoms with van der Waals surface area (Å²) in [5, 5.41) is 4.31. The van der Waals surface area contributed by atoms with Gasteiger partial charge in [-0.25, -0.2) is 9.67 Å². The van der Waals surface area contributed by atoms with Crippen LogP contribution in [0.3, 0.4) is 0 Å². The van der Waals surface area contributed by atoms with Crippen LogP contribution in [0.5, 0.6) is 5.88 Å². The Bertz CT molecular complexity index is 937. The highest BCUT2D eigenvalue weighted by atomic mass is 19.4. The summed E-state index contributed by atoms with van der Waals surface area (Å²) in [4.78, 5) is 29.7. The first-order valence-corrected chi connectivity index (χ1v) is 9.45. The molecule has 4 rings (SSSR count). The van der Waals surface area contributed by atoms with Gasteiger partial charge < -0.3 is 9.64 Å². The molecule has 0 aliphatic carbocycles. The monoisotopic (exact) mass is 411 g/mol. The maximum Gasteiger partial charge on any atom is 0.433 e. The number of alkyl halides is 3. The smallest absolute Gasteiger partial charge is 0.433 e. The van der Waals surface area contributed by atoms with Gasteiger partial charge in [0.15, 0.2) is 11.4 Å². The Balaban J connectivity index is 1.35. The molecule has 1 amide bonds. The van der Waals surface area contributed by atoms with E-state index < -0.39 is 17.4 Å². The molecule has 0 spiro atoms. The van der Waals surface area contributed by atoms with Crippen LogP contribution in [-0.2, 0) is 19.3 Å². The largest absolute Gasteiger partial charge is 0.478 e. The third-order valence-electron chi connectivity index (χ3n) is 5.25. The summed E-state index contributed by atoms with van der Waals surface area (Å²) < 4.78 is 46.3. The van der Waals surface area contributed by atoms with E-state index in [0.717, 1.165) is 19.3 Å². The van der Waals surface area contributed by atoms with E-state index in [-0.39, 0.29) is 18.4 Å². The van der Waals surface area contributed by atoms with Crippen LogP contribution in [0.2, 0.25) is 0 Å². The first-order chi connectivity index (χ1) is 13.8. The average molecular weight is 411 g/mol. The number of hydrogen-bond acceptors (Lipinski definition) is 5. The number of likely N-dealkylation sites (tertiary alicyclic amines) is 1. The van der Waals surface area contributed by atoms with Crippen LogP contribution in [0.25, 0.3) is 0 Å². The van der Waals surface area contributed by atoms with Gasteiger partial charge in [0, 0.05) is 44.7 Å². The van der Waals surface area contributed by atoms with Crippen molar-refractivity contribution in [3.8, 4) is 5.88 Å². The Morgan fingerprint density at radius 3 is 2.62 bits per heavy atom. The minimum Gasteiger partial charge on any atom is -0.478 e. The molecular weight excluding hydrogens is 391 g/mol. The molecule has 0 radical (unpaired) electrons. The second-order valence-electron chi connectivity index (χ2n) is 7.29. The second kappa shape index (κ2) is 7.53. The van der Waals surface area contributed by atoms with E-state index >= 15 is 0 Å². The van der Waals surface area contributed by atoms with E-state index in [1.165, 1.54) is 4.57 Å². The standard InChI is InChI=1S/C18H20F3N5O3/c19-18(20,21)14-9-15(27)25(11-22-14)10-12-2-5-24(6-3-12)17(28)13-8-16-26(23-13)4-1-7-29-16/h8-9,11-12H,1-7,10H2. The number of carbonyl (C=O) groups excluding carboxylic acids is 1. The first-order valence-electron chi connectivity index (χ1n) is 9.45. The third-order valence-corrected chi connectivity index (χ3v) is 5.25. The number of hydrogen-bond donors (Lipinski definition) is 0. The molecule has 2 aliphatic rings. The number of aryl methyl sites for hydroxylation is 1. The predicted octanol–water partition coefficient (Wildman–Crippen LogP) is 1.79. The summed E-state index contributed by atoms with van der Waals surface area (Å²) in [6, 6.07) is 2.17. The topological polar surface area (TPSA) is 82.2 Å². The van der Waals surface area contributed by atoms with Crippen molar-refractivity contribution >= 4 is 5.91 Å². The number of carbonyl (C=O) groups is 1. The highest BCUT2D eigenvalue weighted by molar-refractivity contribution is 5.92. The van der Waals surface area contributed by atoms with Gasteiger partial charge in [0.1, 0.15) is 0 Å². The number of rotatable bonds is 3. The molecule has 0 bridgehead atoms. The number of halogens is 3. The summed E-state index contributed by atoms with van der Waals surface area (Å²) in [5.74, 6) is 0.514. The van der Waals surface area contributed by atoms with E-state index in [2.05, 4.69) is 10.1 Å². The van der Waals surface area contributed by atoms with Crippen molar-refractivity contribution in [2.45, 2.75) is 38.5 Å². The lowest BCUT2D eigenvalue weighted by atomic mass is 9.96. The van der Waals surface area contributed by atoms with Gasteiger partial charge in [-0.2, -0.15) is 18.3 Å². The second-order valence-corrected chi connectivity index (χ2v) is 7.29. The first kappa shape index (κ1) is 19.5. The number of piperidine rings is 1. The molecule has 0 N–H and O–H groups in total. The molecule has 29 heavy (non-hydrogen) atoms. The molecule has 2 aliphatic heterocycles. The lowest BCUT2D eigenvalue weighted by Gasteiger charge is -2.31. The van der Waals surface area contributed by atoms with E-state index in [1.54, 1.807) is 15.6 Å². The Morgan fingerprint density at radius 2 is 1.97 bits per heavy atom. The van der Waals surface area contributed by atoms with Gasteiger partial charge in [0.25, 0.3) is 11.5 Å². The fraction of sp³-hybridized carbons (Fsp3) is 0.556. The van der Waals surface area contributed by atoms with Crippen LogP contribution in [0.1, 0.15) is 35.4 Å². The molecule has 156 valence electrons. The third kappa shape index (κ3) is 4.13. The normalized spacial score (nSPS) is 17.7. The van der Waals surface area contributed by atoms with Gasteiger partial charge in [-0.05, 0) is 18.8 Å². The van der Waals surface area contributed by atoms with E-state index in [9.17, 15) is 22.8 Å². The summed E-state index contributed by atoms with van der Waals surface area (Å²) in [5.41, 5.74) is -1.57. The van der Waals surface area contributed by atoms with Crippen molar-refractivity contribution in [1.82, 2.24) is 24.2 Å². The van der Waals surface area contributed by atoms with Crippen molar-refractivity contribution in [3.05, 3.63) is 40.2 Å². The predicted molar refractivity (Wildman–Crippen MR) is 94.5 cm³/mol. The van der Waals surface area contributed by atoms with E-state index in [4.69, 9.17) is 4.74 Å². The van der Waals surface area contributed by atoms with Gasteiger partial charge in [0.05, 0.1) is 12.9 Å². The molecule has 2 aromatic rings. The summed E-state index contributed by atoms with van der Waals surface area (Å²) >= 11 is 0. The maximum absolute atomic E-state index is 12.7. The quantitative estimate of drug-likeness (QED) is 0.769. The van der Waals surface area contributed by atoms with Crippen LogP contribution < -0.4 is 10.3 Å². The van der Waals surface area contributed by atoms with Gasteiger partial charge in [0.2, 0.25) is 5.88 Å². The van der Waals surface area contributed by atoms with Gasteiger partial charge >= 0.3 is 6.18 Å². The zero-order valence-electron chi connectivity index (χ0n) is 15.6. The van der Waals surface area contributed by atoms with Crippen LogP contribution >= 0.6 is 0 Å². The van der Waals surface area contributed by atoms with Crippen LogP contribution in [0, 0.1) is 5.92 Å².